The largest absolute Gasteiger partial charge is 0.455 e. The predicted molar refractivity (Wildman–Crippen MR) is 70.2 cm³/mol. The molecule has 88 valence electrons. The van der Waals surface area contributed by atoms with Crippen LogP contribution in [0.15, 0.2) is 30.5 Å². The molecule has 1 heterocycles. The lowest BCUT2D eigenvalue weighted by Crippen LogP contribution is -1.90. The van der Waals surface area contributed by atoms with Crippen LogP contribution in [0.5, 0.6) is 11.5 Å². The van der Waals surface area contributed by atoms with Crippen molar-refractivity contribution in [3.05, 3.63) is 51.8 Å². The van der Waals surface area contributed by atoms with E-state index in [1.807, 2.05) is 32.0 Å². The van der Waals surface area contributed by atoms with E-state index in [0.29, 0.717) is 10.9 Å². The molecule has 0 atom stereocenters. The molecule has 0 aliphatic heterocycles. The van der Waals surface area contributed by atoms with Crippen LogP contribution in [-0.2, 0) is 0 Å². The van der Waals surface area contributed by atoms with Crippen molar-refractivity contribution in [2.45, 2.75) is 13.8 Å². The minimum absolute atomic E-state index is 0.460. The topological polar surface area (TPSA) is 22.1 Å². The fraction of sp³-hybridized carbons (Fsp3) is 0.154. The number of aryl methyl sites for hydroxylation is 2. The predicted octanol–water partition coefficient (Wildman–Crippen LogP) is 4.80. The first-order valence-corrected chi connectivity index (χ1v) is 5.88. The van der Waals surface area contributed by atoms with Crippen LogP contribution >= 0.6 is 23.2 Å². The van der Waals surface area contributed by atoms with E-state index in [2.05, 4.69) is 4.98 Å². The van der Waals surface area contributed by atoms with E-state index in [0.717, 1.165) is 21.9 Å². The number of benzene rings is 1. The van der Waals surface area contributed by atoms with Gasteiger partial charge in [0.1, 0.15) is 16.7 Å². The molecule has 17 heavy (non-hydrogen) atoms. The summed E-state index contributed by atoms with van der Waals surface area (Å²) >= 11 is 11.7. The van der Waals surface area contributed by atoms with Crippen LogP contribution in [0.3, 0.4) is 0 Å². The van der Waals surface area contributed by atoms with Gasteiger partial charge in [-0.05, 0) is 49.2 Å². The van der Waals surface area contributed by atoms with Crippen molar-refractivity contribution < 1.29 is 4.74 Å². The van der Waals surface area contributed by atoms with E-state index in [-0.39, 0.29) is 0 Å². The molecule has 0 bridgehead atoms. The minimum Gasteiger partial charge on any atom is -0.455 e. The molecule has 2 rings (SSSR count). The van der Waals surface area contributed by atoms with Crippen LogP contribution in [0.4, 0.5) is 0 Å². The highest BCUT2D eigenvalue weighted by atomic mass is 35.5. The highest BCUT2D eigenvalue weighted by Crippen LogP contribution is 2.28. The Morgan fingerprint density at radius 2 is 1.82 bits per heavy atom. The summed E-state index contributed by atoms with van der Waals surface area (Å²) in [5, 5.41) is 1.19. The lowest BCUT2D eigenvalue weighted by atomic mass is 10.2. The fourth-order valence-electron chi connectivity index (χ4n) is 1.42. The van der Waals surface area contributed by atoms with Gasteiger partial charge in [-0.25, -0.2) is 4.98 Å². The Morgan fingerprint density at radius 1 is 1.06 bits per heavy atom. The third-order valence-electron chi connectivity index (χ3n) is 2.39. The van der Waals surface area contributed by atoms with Crippen LogP contribution in [0.2, 0.25) is 10.2 Å². The number of ether oxygens (including phenoxy) is 1. The Labute approximate surface area is 110 Å². The molecule has 0 N–H and O–H groups in total. The smallest absolute Gasteiger partial charge is 0.148 e. The van der Waals surface area contributed by atoms with Gasteiger partial charge in [0.05, 0.1) is 6.20 Å². The average Bonchev–Trinajstić information content (AvgIpc) is 2.27. The first kappa shape index (κ1) is 12.2. The number of halogens is 2. The third kappa shape index (κ3) is 2.90. The number of hydrogen-bond donors (Lipinski definition) is 0. The van der Waals surface area contributed by atoms with Crippen molar-refractivity contribution in [3.8, 4) is 11.5 Å². The SMILES string of the molecule is Cc1cc(Oc2cnc(Cl)cc2C)ccc1Cl. The monoisotopic (exact) mass is 267 g/mol. The van der Waals surface area contributed by atoms with E-state index in [1.54, 1.807) is 12.3 Å². The number of hydrogen-bond acceptors (Lipinski definition) is 2. The van der Waals surface area contributed by atoms with Gasteiger partial charge in [-0.15, -0.1) is 0 Å². The summed E-state index contributed by atoms with van der Waals surface area (Å²) in [6, 6.07) is 7.28. The molecule has 1 aromatic carbocycles. The van der Waals surface area contributed by atoms with Gasteiger partial charge < -0.3 is 4.74 Å². The number of rotatable bonds is 2. The molecule has 0 amide bonds. The van der Waals surface area contributed by atoms with Crippen molar-refractivity contribution in [1.82, 2.24) is 4.98 Å². The summed E-state index contributed by atoms with van der Waals surface area (Å²) in [5.41, 5.74) is 1.92. The lowest BCUT2D eigenvalue weighted by molar-refractivity contribution is 0.476. The van der Waals surface area contributed by atoms with Crippen LogP contribution in [0, 0.1) is 13.8 Å². The Hall–Kier alpha value is -1.25. The molecule has 2 aromatic rings. The van der Waals surface area contributed by atoms with Crippen molar-refractivity contribution in [2.24, 2.45) is 0 Å². The van der Waals surface area contributed by atoms with Gasteiger partial charge in [-0.1, -0.05) is 23.2 Å². The van der Waals surface area contributed by atoms with E-state index in [9.17, 15) is 0 Å². The quantitative estimate of drug-likeness (QED) is 0.730. The number of nitrogens with zero attached hydrogens (tertiary/aromatic N) is 1. The zero-order chi connectivity index (χ0) is 12.4. The van der Waals surface area contributed by atoms with Gasteiger partial charge in [0.25, 0.3) is 0 Å². The molecule has 0 unspecified atom stereocenters. The van der Waals surface area contributed by atoms with Gasteiger partial charge >= 0.3 is 0 Å². The molecule has 4 heteroatoms. The first-order valence-electron chi connectivity index (χ1n) is 5.12. The molecule has 2 nitrogen and oxygen atoms in total. The van der Waals surface area contributed by atoms with Gasteiger partial charge in [0, 0.05) is 5.02 Å². The standard InChI is InChI=1S/C13H11Cl2NO/c1-8-5-10(3-4-11(8)14)17-12-7-16-13(15)6-9(12)2/h3-7H,1-2H3. The molecule has 0 aliphatic rings. The maximum Gasteiger partial charge on any atom is 0.148 e. The molecule has 0 saturated carbocycles. The molecule has 0 spiro atoms. The van der Waals surface area contributed by atoms with Gasteiger partial charge in [-0.2, -0.15) is 0 Å². The van der Waals surface area contributed by atoms with Gasteiger partial charge in [0.2, 0.25) is 0 Å². The van der Waals surface area contributed by atoms with Crippen LogP contribution in [0.25, 0.3) is 0 Å². The number of aromatic nitrogens is 1. The van der Waals surface area contributed by atoms with E-state index >= 15 is 0 Å². The number of pyridine rings is 1. The fourth-order valence-corrected chi connectivity index (χ4v) is 1.75. The zero-order valence-electron chi connectivity index (χ0n) is 9.50. The normalized spacial score (nSPS) is 10.4. The summed E-state index contributed by atoms with van der Waals surface area (Å²) in [7, 11) is 0. The van der Waals surface area contributed by atoms with Crippen molar-refractivity contribution in [1.29, 1.82) is 0 Å². The highest BCUT2D eigenvalue weighted by Gasteiger charge is 2.04. The van der Waals surface area contributed by atoms with Gasteiger partial charge in [-0.3, -0.25) is 0 Å². The van der Waals surface area contributed by atoms with Crippen LogP contribution in [-0.4, -0.2) is 4.98 Å². The first-order chi connectivity index (χ1) is 8.06. The summed E-state index contributed by atoms with van der Waals surface area (Å²) in [6.07, 6.45) is 1.61. The Bertz CT molecular complexity index is 555. The van der Waals surface area contributed by atoms with Gasteiger partial charge in [0.15, 0.2) is 0 Å². The van der Waals surface area contributed by atoms with Crippen molar-refractivity contribution in [2.75, 3.05) is 0 Å². The van der Waals surface area contributed by atoms with Crippen LogP contribution < -0.4 is 4.74 Å². The molecular weight excluding hydrogens is 257 g/mol. The molecule has 0 radical (unpaired) electrons. The maximum absolute atomic E-state index is 5.95. The Kier molecular flexibility index (Phi) is 3.55. The summed E-state index contributed by atoms with van der Waals surface area (Å²) in [6.45, 7) is 3.85. The lowest BCUT2D eigenvalue weighted by Gasteiger charge is -2.09. The minimum atomic E-state index is 0.460. The molecule has 0 aliphatic carbocycles. The molecule has 0 fully saturated rings. The van der Waals surface area contributed by atoms with E-state index in [4.69, 9.17) is 27.9 Å². The molecular formula is C13H11Cl2NO. The van der Waals surface area contributed by atoms with Crippen molar-refractivity contribution in [3.63, 3.8) is 0 Å². The molecule has 1 aromatic heterocycles. The summed E-state index contributed by atoms with van der Waals surface area (Å²) < 4.78 is 5.72. The average molecular weight is 268 g/mol. The molecule has 0 saturated heterocycles. The summed E-state index contributed by atoms with van der Waals surface area (Å²) in [4.78, 5) is 3.99. The zero-order valence-corrected chi connectivity index (χ0v) is 11.0. The van der Waals surface area contributed by atoms with Crippen molar-refractivity contribution >= 4 is 23.2 Å². The second-order valence-electron chi connectivity index (χ2n) is 3.79. The Balaban J connectivity index is 2.28. The van der Waals surface area contributed by atoms with E-state index in [1.165, 1.54) is 0 Å². The highest BCUT2D eigenvalue weighted by molar-refractivity contribution is 6.31. The third-order valence-corrected chi connectivity index (χ3v) is 3.02. The maximum atomic E-state index is 5.95. The van der Waals surface area contributed by atoms with Crippen LogP contribution in [0.1, 0.15) is 11.1 Å². The second kappa shape index (κ2) is 4.94. The second-order valence-corrected chi connectivity index (χ2v) is 4.58. The Morgan fingerprint density at radius 3 is 2.47 bits per heavy atom. The van der Waals surface area contributed by atoms with E-state index < -0.39 is 0 Å². The summed E-state index contributed by atoms with van der Waals surface area (Å²) in [5.74, 6) is 1.43.